The molecule has 0 amide bonds. The molecule has 0 spiro atoms. The molecule has 0 unspecified atom stereocenters. The molecule has 2 aliphatic rings. The highest BCUT2D eigenvalue weighted by atomic mass is 16.7. The lowest BCUT2D eigenvalue weighted by Gasteiger charge is -2.41. The first-order valence-electron chi connectivity index (χ1n) is 9.80. The summed E-state index contributed by atoms with van der Waals surface area (Å²) in [4.78, 5) is 18.4. The molecule has 5 rings (SSSR count). The predicted octanol–water partition coefficient (Wildman–Crippen LogP) is 4.48. The Labute approximate surface area is 177 Å². The van der Waals surface area contributed by atoms with Crippen LogP contribution in [0.15, 0.2) is 82.9 Å². The van der Waals surface area contributed by atoms with Crippen molar-refractivity contribution in [2.75, 3.05) is 0 Å². The van der Waals surface area contributed by atoms with Gasteiger partial charge in [0.25, 0.3) is 0 Å². The van der Waals surface area contributed by atoms with Crippen LogP contribution in [-0.2, 0) is 11.4 Å². The summed E-state index contributed by atoms with van der Waals surface area (Å²) in [6.07, 6.45) is 1.30. The van der Waals surface area contributed by atoms with E-state index in [0.717, 1.165) is 22.4 Å². The average Bonchev–Trinajstić information content (AvgIpc) is 3.42. The van der Waals surface area contributed by atoms with Gasteiger partial charge in [0.2, 0.25) is 0 Å². The molecule has 0 saturated heterocycles. The van der Waals surface area contributed by atoms with E-state index in [2.05, 4.69) is 11.7 Å². The van der Waals surface area contributed by atoms with Crippen LogP contribution in [-0.4, -0.2) is 26.9 Å². The van der Waals surface area contributed by atoms with E-state index in [4.69, 9.17) is 9.25 Å². The summed E-state index contributed by atoms with van der Waals surface area (Å²) in [7, 11) is 0. The van der Waals surface area contributed by atoms with E-state index >= 15 is 0 Å². The largest absolute Gasteiger partial charge is 0.508 e. The molecular weight excluding hydrogens is 398 g/mol. The second kappa shape index (κ2) is 7.41. The minimum atomic E-state index is -0.566. The van der Waals surface area contributed by atoms with Crippen molar-refractivity contribution < 1.29 is 19.3 Å². The minimum absolute atomic E-state index is 0.148. The molecule has 0 radical (unpaired) electrons. The van der Waals surface area contributed by atoms with E-state index in [0.29, 0.717) is 5.76 Å². The predicted molar refractivity (Wildman–Crippen MR) is 113 cm³/mol. The normalized spacial score (nSPS) is 22.2. The SMILES string of the molecule is C=C[C@@H]1c2cc(O)ccc2[C@H]2C(c3ccccc3)=NO[C@H]2N1Cc1ccc([N+](=O)[O-])o1. The maximum atomic E-state index is 11.0. The molecule has 3 heterocycles. The molecule has 31 heavy (non-hydrogen) atoms. The van der Waals surface area contributed by atoms with Crippen LogP contribution < -0.4 is 0 Å². The third kappa shape index (κ3) is 3.17. The fourth-order valence-corrected chi connectivity index (χ4v) is 4.38. The molecule has 1 N–H and O–H groups in total. The van der Waals surface area contributed by atoms with Crippen LogP contribution in [0.3, 0.4) is 0 Å². The molecule has 0 aliphatic carbocycles. The van der Waals surface area contributed by atoms with Gasteiger partial charge in [0.1, 0.15) is 16.4 Å². The summed E-state index contributed by atoms with van der Waals surface area (Å²) in [6, 6.07) is 17.6. The molecule has 0 saturated carbocycles. The topological polar surface area (TPSA) is 101 Å². The van der Waals surface area contributed by atoms with E-state index < -0.39 is 11.2 Å². The Morgan fingerprint density at radius 2 is 1.97 bits per heavy atom. The van der Waals surface area contributed by atoms with Crippen molar-refractivity contribution in [3.63, 3.8) is 0 Å². The Morgan fingerprint density at radius 3 is 2.68 bits per heavy atom. The second-order valence-electron chi connectivity index (χ2n) is 7.48. The number of aromatic hydroxyl groups is 1. The highest BCUT2D eigenvalue weighted by Crippen LogP contribution is 2.47. The lowest BCUT2D eigenvalue weighted by atomic mass is 9.79. The summed E-state index contributed by atoms with van der Waals surface area (Å²) >= 11 is 0. The Hall–Kier alpha value is -3.91. The third-order valence-corrected chi connectivity index (χ3v) is 5.71. The molecule has 2 aliphatic heterocycles. The molecule has 8 nitrogen and oxygen atoms in total. The quantitative estimate of drug-likeness (QED) is 0.373. The standard InChI is InChI=1S/C23H19N3O5/c1-2-19-18-12-15(27)8-10-17(18)21-22(14-6-4-3-5-7-14)24-31-23(21)25(19)13-16-9-11-20(30-16)26(28)29/h2-12,19,21,23,27H,1,13H2/t19-,21+,23-/m1/s1. The Morgan fingerprint density at radius 1 is 1.16 bits per heavy atom. The van der Waals surface area contributed by atoms with Crippen molar-refractivity contribution in [3.8, 4) is 5.75 Å². The Kier molecular flexibility index (Phi) is 4.56. The van der Waals surface area contributed by atoms with Crippen molar-refractivity contribution in [1.29, 1.82) is 0 Å². The van der Waals surface area contributed by atoms with Gasteiger partial charge in [-0.15, -0.1) is 6.58 Å². The van der Waals surface area contributed by atoms with E-state index in [1.807, 2.05) is 41.3 Å². The number of hydrogen-bond donors (Lipinski definition) is 1. The molecule has 0 bridgehead atoms. The van der Waals surface area contributed by atoms with Gasteiger partial charge in [0.15, 0.2) is 6.23 Å². The number of rotatable bonds is 5. The molecule has 2 aromatic carbocycles. The lowest BCUT2D eigenvalue weighted by Crippen LogP contribution is -2.46. The van der Waals surface area contributed by atoms with Crippen molar-refractivity contribution in [3.05, 3.63) is 106 Å². The minimum Gasteiger partial charge on any atom is -0.508 e. The number of phenolic OH excluding ortho intramolecular Hbond substituents is 1. The molecular formula is C23H19N3O5. The van der Waals surface area contributed by atoms with Crippen LogP contribution >= 0.6 is 0 Å². The Bertz CT molecular complexity index is 1190. The summed E-state index contributed by atoms with van der Waals surface area (Å²) in [5, 5.41) is 25.6. The zero-order valence-corrected chi connectivity index (χ0v) is 16.4. The van der Waals surface area contributed by atoms with Gasteiger partial charge in [0.05, 0.1) is 30.3 Å². The smallest absolute Gasteiger partial charge is 0.433 e. The van der Waals surface area contributed by atoms with Crippen LogP contribution in [0, 0.1) is 10.1 Å². The summed E-state index contributed by atoms with van der Waals surface area (Å²) in [5.41, 5.74) is 3.61. The van der Waals surface area contributed by atoms with Crippen LogP contribution in [0.1, 0.15) is 34.4 Å². The average molecular weight is 417 g/mol. The number of benzene rings is 2. The molecule has 0 fully saturated rings. The first-order chi connectivity index (χ1) is 15.1. The highest BCUT2D eigenvalue weighted by Gasteiger charge is 2.48. The van der Waals surface area contributed by atoms with Gasteiger partial charge < -0.3 is 14.4 Å². The molecule has 156 valence electrons. The zero-order chi connectivity index (χ0) is 21.5. The molecule has 3 atom stereocenters. The number of furan rings is 1. The van der Waals surface area contributed by atoms with E-state index in [1.165, 1.54) is 6.07 Å². The molecule has 8 heteroatoms. The number of nitro groups is 1. The Balaban J connectivity index is 1.59. The van der Waals surface area contributed by atoms with Crippen LogP contribution in [0.25, 0.3) is 0 Å². The van der Waals surface area contributed by atoms with Crippen LogP contribution in [0.5, 0.6) is 5.75 Å². The zero-order valence-electron chi connectivity index (χ0n) is 16.4. The monoisotopic (exact) mass is 417 g/mol. The molecule has 1 aromatic heterocycles. The third-order valence-electron chi connectivity index (χ3n) is 5.71. The second-order valence-corrected chi connectivity index (χ2v) is 7.48. The van der Waals surface area contributed by atoms with Crippen LogP contribution in [0.4, 0.5) is 5.88 Å². The van der Waals surface area contributed by atoms with Gasteiger partial charge in [0, 0.05) is 5.56 Å². The fraction of sp³-hybridized carbons (Fsp3) is 0.174. The summed E-state index contributed by atoms with van der Waals surface area (Å²) < 4.78 is 5.39. The number of oxime groups is 1. The molecule has 3 aromatic rings. The number of fused-ring (bicyclic) bond motifs is 3. The number of phenols is 1. The maximum absolute atomic E-state index is 11.0. The highest BCUT2D eigenvalue weighted by molar-refractivity contribution is 6.06. The van der Waals surface area contributed by atoms with Crippen molar-refractivity contribution in [2.24, 2.45) is 5.16 Å². The number of hydrogen-bond acceptors (Lipinski definition) is 7. The van der Waals surface area contributed by atoms with Crippen molar-refractivity contribution in [1.82, 2.24) is 4.90 Å². The van der Waals surface area contributed by atoms with E-state index in [9.17, 15) is 15.2 Å². The van der Waals surface area contributed by atoms with Crippen molar-refractivity contribution in [2.45, 2.75) is 24.7 Å². The first-order valence-corrected chi connectivity index (χ1v) is 9.80. The van der Waals surface area contributed by atoms with Gasteiger partial charge in [-0.25, -0.2) is 4.90 Å². The number of nitrogens with zero attached hydrogens (tertiary/aromatic N) is 3. The fourth-order valence-electron chi connectivity index (χ4n) is 4.38. The van der Waals surface area contributed by atoms with Gasteiger partial charge in [-0.2, -0.15) is 0 Å². The summed E-state index contributed by atoms with van der Waals surface area (Å²) in [5.74, 6) is 0.0527. The van der Waals surface area contributed by atoms with Crippen molar-refractivity contribution >= 4 is 11.6 Å². The summed E-state index contributed by atoms with van der Waals surface area (Å²) in [6.45, 7) is 4.22. The van der Waals surface area contributed by atoms with Gasteiger partial charge in [-0.1, -0.05) is 47.6 Å². The van der Waals surface area contributed by atoms with E-state index in [1.54, 1.807) is 24.3 Å². The maximum Gasteiger partial charge on any atom is 0.433 e. The van der Waals surface area contributed by atoms with E-state index in [-0.39, 0.29) is 30.1 Å². The van der Waals surface area contributed by atoms with Gasteiger partial charge in [-0.3, -0.25) is 10.1 Å². The lowest BCUT2D eigenvalue weighted by molar-refractivity contribution is -0.402. The first kappa shape index (κ1) is 19.1. The van der Waals surface area contributed by atoms with Gasteiger partial charge >= 0.3 is 5.88 Å². The van der Waals surface area contributed by atoms with Gasteiger partial charge in [-0.05, 0) is 29.3 Å². The van der Waals surface area contributed by atoms with Crippen LogP contribution in [0.2, 0.25) is 0 Å².